The minimum Gasteiger partial charge on any atom is -0.279 e. The van der Waals surface area contributed by atoms with E-state index in [0.717, 1.165) is 0 Å². The van der Waals surface area contributed by atoms with Gasteiger partial charge in [-0.05, 0) is 11.6 Å². The van der Waals surface area contributed by atoms with Crippen LogP contribution in [-0.2, 0) is 4.79 Å². The molecule has 1 rings (SSSR count). The molecule has 1 atom stereocenters. The third kappa shape index (κ3) is 1.05. The summed E-state index contributed by atoms with van der Waals surface area (Å²) < 4.78 is -1.15. The van der Waals surface area contributed by atoms with Gasteiger partial charge in [0, 0.05) is 6.42 Å². The maximum Gasteiger partial charge on any atom is 0.245 e. The fourth-order valence-electron chi connectivity index (χ4n) is 0.475. The van der Waals surface area contributed by atoms with Gasteiger partial charge in [0.05, 0.1) is 0 Å². The Bertz CT molecular complexity index is 166. The number of halogens is 4. The molecule has 1 fully saturated rings. The van der Waals surface area contributed by atoms with Crippen molar-refractivity contribution in [3.63, 3.8) is 0 Å². The van der Waals surface area contributed by atoms with Gasteiger partial charge in [-0.1, -0.05) is 23.2 Å². The van der Waals surface area contributed by atoms with Gasteiger partial charge in [0.1, 0.15) is 4.33 Å². The maximum atomic E-state index is 10.4. The summed E-state index contributed by atoms with van der Waals surface area (Å²) in [5.74, 6) is 0. The van der Waals surface area contributed by atoms with Gasteiger partial charge in [-0.3, -0.25) is 4.79 Å². The first-order valence-electron chi connectivity index (χ1n) is 2.17. The monoisotopic (exact) mass is 206 g/mol. The van der Waals surface area contributed by atoms with Crippen molar-refractivity contribution < 1.29 is 4.79 Å². The zero-order valence-electron chi connectivity index (χ0n) is 4.13. The Morgan fingerprint density at radius 2 is 1.67 bits per heavy atom. The number of hydrogen-bond donors (Lipinski definition) is 0. The van der Waals surface area contributed by atoms with Crippen molar-refractivity contribution in [3.05, 3.63) is 0 Å². The van der Waals surface area contributed by atoms with Crippen molar-refractivity contribution in [3.8, 4) is 0 Å². The fraction of sp³-hybridized carbons (Fsp3) is 0.750. The first kappa shape index (κ1) is 7.93. The van der Waals surface area contributed by atoms with Crippen LogP contribution in [-0.4, -0.2) is 14.4 Å². The fourth-order valence-corrected chi connectivity index (χ4v) is 1.71. The Labute approximate surface area is 72.2 Å². The van der Waals surface area contributed by atoms with E-state index in [-0.39, 0.29) is 6.42 Å². The summed E-state index contributed by atoms with van der Waals surface area (Å²) in [6.45, 7) is 0. The van der Waals surface area contributed by atoms with Crippen molar-refractivity contribution in [2.45, 2.75) is 15.6 Å². The number of hydrogen-bond acceptors (Lipinski definition) is 1. The lowest BCUT2D eigenvalue weighted by molar-refractivity contribution is -0.112. The molecule has 1 unspecified atom stereocenters. The van der Waals surface area contributed by atoms with Crippen LogP contribution in [0.2, 0.25) is 0 Å². The number of carbonyl (C=O) groups excluding carboxylic acids is 1. The summed E-state index contributed by atoms with van der Waals surface area (Å²) in [4.78, 5) is 9.18. The number of rotatable bonds is 1. The third-order valence-electron chi connectivity index (χ3n) is 1.23. The zero-order chi connectivity index (χ0) is 7.28. The van der Waals surface area contributed by atoms with E-state index in [0.29, 0.717) is 0 Å². The molecular formula is C4H2Cl4O. The third-order valence-corrected chi connectivity index (χ3v) is 3.39. The van der Waals surface area contributed by atoms with Crippen molar-refractivity contribution >= 4 is 51.6 Å². The second-order valence-electron chi connectivity index (χ2n) is 1.96. The summed E-state index contributed by atoms with van der Waals surface area (Å²) in [5, 5.41) is -0.686. The van der Waals surface area contributed by atoms with Crippen LogP contribution in [0.25, 0.3) is 0 Å². The molecule has 1 aliphatic carbocycles. The Kier molecular flexibility index (Phi) is 1.68. The van der Waals surface area contributed by atoms with Crippen LogP contribution >= 0.6 is 46.4 Å². The van der Waals surface area contributed by atoms with Crippen LogP contribution in [0.1, 0.15) is 6.42 Å². The molecule has 0 N–H and O–H groups in total. The molecule has 0 aromatic rings. The van der Waals surface area contributed by atoms with Crippen LogP contribution in [0.4, 0.5) is 0 Å². The summed E-state index contributed by atoms with van der Waals surface area (Å²) in [6.07, 6.45) is 0.229. The molecule has 52 valence electrons. The summed E-state index contributed by atoms with van der Waals surface area (Å²) in [5.41, 5.74) is 0. The van der Waals surface area contributed by atoms with Crippen molar-refractivity contribution in [1.29, 1.82) is 0 Å². The molecule has 1 aliphatic rings. The molecular weight excluding hydrogens is 206 g/mol. The predicted molar refractivity (Wildman–Crippen MR) is 38.5 cm³/mol. The second-order valence-corrected chi connectivity index (χ2v) is 4.43. The van der Waals surface area contributed by atoms with Crippen molar-refractivity contribution in [1.82, 2.24) is 0 Å². The topological polar surface area (TPSA) is 17.1 Å². The minimum atomic E-state index is -1.22. The zero-order valence-corrected chi connectivity index (χ0v) is 7.15. The Morgan fingerprint density at radius 3 is 1.67 bits per heavy atom. The molecule has 1 nitrogen and oxygen atoms in total. The van der Waals surface area contributed by atoms with E-state index in [1.165, 1.54) is 0 Å². The van der Waals surface area contributed by atoms with Gasteiger partial charge in [0.2, 0.25) is 5.24 Å². The highest BCUT2D eigenvalue weighted by molar-refractivity contribution is 6.76. The Hall–Kier alpha value is 0.830. The van der Waals surface area contributed by atoms with Gasteiger partial charge in [-0.15, -0.1) is 11.6 Å². The van der Waals surface area contributed by atoms with E-state index in [2.05, 4.69) is 0 Å². The lowest BCUT2D eigenvalue weighted by Gasteiger charge is -1.99. The molecule has 9 heavy (non-hydrogen) atoms. The maximum absolute atomic E-state index is 10.4. The van der Waals surface area contributed by atoms with Gasteiger partial charge in [0.25, 0.3) is 0 Å². The smallest absolute Gasteiger partial charge is 0.245 e. The van der Waals surface area contributed by atoms with E-state index < -0.39 is 14.4 Å². The highest BCUT2D eigenvalue weighted by atomic mass is 35.5. The molecule has 0 bridgehead atoms. The summed E-state index contributed by atoms with van der Waals surface area (Å²) >= 11 is 21.5. The summed E-state index contributed by atoms with van der Waals surface area (Å²) in [7, 11) is 0. The lowest BCUT2D eigenvalue weighted by Crippen LogP contribution is -2.16. The Morgan fingerprint density at radius 1 is 1.33 bits per heavy atom. The summed E-state index contributed by atoms with van der Waals surface area (Å²) in [6, 6.07) is 0. The van der Waals surface area contributed by atoms with Crippen LogP contribution in [0.15, 0.2) is 0 Å². The van der Waals surface area contributed by atoms with Gasteiger partial charge in [-0.25, -0.2) is 0 Å². The molecule has 0 saturated heterocycles. The quantitative estimate of drug-likeness (QED) is 0.477. The molecule has 0 aliphatic heterocycles. The van der Waals surface area contributed by atoms with Gasteiger partial charge in [-0.2, -0.15) is 0 Å². The molecule has 0 amide bonds. The van der Waals surface area contributed by atoms with E-state index in [1.807, 2.05) is 0 Å². The van der Waals surface area contributed by atoms with E-state index in [9.17, 15) is 4.79 Å². The highest BCUT2D eigenvalue weighted by Crippen LogP contribution is 2.62. The van der Waals surface area contributed by atoms with Crippen LogP contribution < -0.4 is 0 Å². The van der Waals surface area contributed by atoms with Gasteiger partial charge >= 0.3 is 0 Å². The van der Waals surface area contributed by atoms with E-state index >= 15 is 0 Å². The number of alkyl halides is 3. The minimum absolute atomic E-state index is 0.229. The largest absolute Gasteiger partial charge is 0.279 e. The van der Waals surface area contributed by atoms with E-state index in [4.69, 9.17) is 46.4 Å². The first-order chi connectivity index (χ1) is 3.90. The molecule has 0 aromatic heterocycles. The highest BCUT2D eigenvalue weighted by Gasteiger charge is 2.70. The number of carbonyl (C=O) groups is 1. The van der Waals surface area contributed by atoms with Crippen molar-refractivity contribution in [2.75, 3.05) is 0 Å². The average molecular weight is 208 g/mol. The lowest BCUT2D eigenvalue weighted by atomic mass is 10.5. The molecule has 0 heterocycles. The van der Waals surface area contributed by atoms with Crippen LogP contribution in [0, 0.1) is 0 Å². The molecule has 0 aromatic carbocycles. The van der Waals surface area contributed by atoms with E-state index in [1.54, 1.807) is 0 Å². The predicted octanol–water partition coefficient (Wildman–Crippen LogP) is 2.31. The molecule has 0 radical (unpaired) electrons. The van der Waals surface area contributed by atoms with Crippen LogP contribution in [0.5, 0.6) is 0 Å². The standard InChI is InChI=1S/C4H2Cl4O/c5-2(9)3(6)1-4(3,7)8/h1H2. The van der Waals surface area contributed by atoms with Crippen molar-refractivity contribution in [2.24, 2.45) is 0 Å². The SMILES string of the molecule is O=C(Cl)C1(Cl)CC1(Cl)Cl. The Balaban J connectivity index is 2.74. The van der Waals surface area contributed by atoms with Crippen LogP contribution in [0.3, 0.4) is 0 Å². The first-order valence-corrected chi connectivity index (χ1v) is 3.68. The van der Waals surface area contributed by atoms with Gasteiger partial charge in [0.15, 0.2) is 4.87 Å². The average Bonchev–Trinajstić information content (AvgIpc) is 2.08. The molecule has 0 spiro atoms. The molecule has 5 heteroatoms. The van der Waals surface area contributed by atoms with Gasteiger partial charge < -0.3 is 0 Å². The normalized spacial score (nSPS) is 38.2. The molecule has 1 saturated carbocycles. The second kappa shape index (κ2) is 1.91.